The fourth-order valence-corrected chi connectivity index (χ4v) is 1.40. The van der Waals surface area contributed by atoms with Crippen LogP contribution in [-0.2, 0) is 9.59 Å². The van der Waals surface area contributed by atoms with Crippen LogP contribution in [0, 0.1) is 0 Å². The molecular formula is C12H23NO3. The van der Waals surface area contributed by atoms with E-state index in [0.29, 0.717) is 45.3 Å². The number of aliphatic hydroxyl groups is 1. The van der Waals surface area contributed by atoms with Gasteiger partial charge in [0.05, 0.1) is 6.61 Å². The van der Waals surface area contributed by atoms with Crippen molar-refractivity contribution >= 4 is 11.6 Å². The topological polar surface area (TPSA) is 57.6 Å². The average molecular weight is 229 g/mol. The highest BCUT2D eigenvalue weighted by Crippen LogP contribution is 1.98. The Morgan fingerprint density at radius 2 is 1.38 bits per heavy atom. The highest BCUT2D eigenvalue weighted by Gasteiger charge is 2.08. The van der Waals surface area contributed by atoms with Crippen LogP contribution < -0.4 is 0 Å². The minimum atomic E-state index is 0.0701. The van der Waals surface area contributed by atoms with E-state index in [-0.39, 0.29) is 18.2 Å². The number of aliphatic hydroxyl groups excluding tert-OH is 1. The molecule has 4 heteroatoms. The third kappa shape index (κ3) is 7.54. The van der Waals surface area contributed by atoms with Gasteiger partial charge in [-0.1, -0.05) is 13.8 Å². The van der Waals surface area contributed by atoms with E-state index in [1.54, 1.807) is 0 Å². The van der Waals surface area contributed by atoms with Crippen molar-refractivity contribution < 1.29 is 14.7 Å². The Balaban J connectivity index is 3.87. The minimum Gasteiger partial charge on any atom is -0.395 e. The summed E-state index contributed by atoms with van der Waals surface area (Å²) in [4.78, 5) is 24.3. The smallest absolute Gasteiger partial charge is 0.133 e. The van der Waals surface area contributed by atoms with Gasteiger partial charge in [-0.15, -0.1) is 0 Å². The number of nitrogens with zero attached hydrogens (tertiary/aromatic N) is 1. The number of ketones is 2. The van der Waals surface area contributed by atoms with E-state index in [1.165, 1.54) is 0 Å². The van der Waals surface area contributed by atoms with E-state index in [2.05, 4.69) is 0 Å². The summed E-state index contributed by atoms with van der Waals surface area (Å²) in [5, 5.41) is 8.87. The van der Waals surface area contributed by atoms with Crippen molar-refractivity contribution in [2.75, 3.05) is 26.2 Å². The first-order chi connectivity index (χ1) is 7.63. The molecule has 4 nitrogen and oxygen atoms in total. The molecule has 0 aliphatic carbocycles. The summed E-state index contributed by atoms with van der Waals surface area (Å²) < 4.78 is 0. The quantitative estimate of drug-likeness (QED) is 0.607. The third-order valence-corrected chi connectivity index (χ3v) is 2.62. The molecule has 0 fully saturated rings. The van der Waals surface area contributed by atoms with E-state index in [9.17, 15) is 9.59 Å². The fourth-order valence-electron chi connectivity index (χ4n) is 1.40. The predicted octanol–water partition coefficient (Wildman–Crippen LogP) is 1.02. The van der Waals surface area contributed by atoms with Gasteiger partial charge in [-0.25, -0.2) is 0 Å². The maximum atomic E-state index is 11.2. The molecule has 94 valence electrons. The van der Waals surface area contributed by atoms with Crippen molar-refractivity contribution in [3.8, 4) is 0 Å². The van der Waals surface area contributed by atoms with E-state index in [4.69, 9.17) is 5.11 Å². The maximum Gasteiger partial charge on any atom is 0.133 e. The number of hydrogen-bond acceptors (Lipinski definition) is 4. The third-order valence-electron chi connectivity index (χ3n) is 2.62. The van der Waals surface area contributed by atoms with Gasteiger partial charge < -0.3 is 10.0 Å². The lowest BCUT2D eigenvalue weighted by Crippen LogP contribution is -2.31. The molecule has 0 radical (unpaired) electrons. The van der Waals surface area contributed by atoms with Crippen LogP contribution in [0.25, 0.3) is 0 Å². The van der Waals surface area contributed by atoms with Crippen LogP contribution in [0.3, 0.4) is 0 Å². The zero-order valence-electron chi connectivity index (χ0n) is 10.4. The van der Waals surface area contributed by atoms with Crippen LogP contribution >= 0.6 is 0 Å². The highest BCUT2D eigenvalue weighted by atomic mass is 16.3. The van der Waals surface area contributed by atoms with Gasteiger partial charge in [0.1, 0.15) is 11.6 Å². The molecule has 16 heavy (non-hydrogen) atoms. The fraction of sp³-hybridized carbons (Fsp3) is 0.833. The summed E-state index contributed by atoms with van der Waals surface area (Å²) in [6.07, 6.45) is 2.13. The molecule has 0 heterocycles. The molecule has 0 saturated heterocycles. The zero-order chi connectivity index (χ0) is 12.4. The van der Waals surface area contributed by atoms with Gasteiger partial charge in [-0.3, -0.25) is 9.59 Å². The molecular weight excluding hydrogens is 206 g/mol. The predicted molar refractivity (Wildman–Crippen MR) is 63.4 cm³/mol. The van der Waals surface area contributed by atoms with Crippen molar-refractivity contribution in [3.05, 3.63) is 0 Å². The van der Waals surface area contributed by atoms with E-state index in [1.807, 2.05) is 18.7 Å². The second-order valence-corrected chi connectivity index (χ2v) is 3.85. The van der Waals surface area contributed by atoms with Crippen molar-refractivity contribution in [1.82, 2.24) is 4.90 Å². The molecule has 0 aromatic heterocycles. The van der Waals surface area contributed by atoms with E-state index >= 15 is 0 Å². The number of hydrogen-bond donors (Lipinski definition) is 1. The van der Waals surface area contributed by atoms with Gasteiger partial charge in [0, 0.05) is 45.3 Å². The lowest BCUT2D eigenvalue weighted by Gasteiger charge is -2.20. The molecule has 0 aliphatic rings. The molecule has 0 amide bonds. The molecule has 0 atom stereocenters. The second-order valence-electron chi connectivity index (χ2n) is 3.85. The van der Waals surface area contributed by atoms with Crippen LogP contribution in [0.5, 0.6) is 0 Å². The molecule has 0 aromatic rings. The van der Waals surface area contributed by atoms with Crippen molar-refractivity contribution in [2.24, 2.45) is 0 Å². The van der Waals surface area contributed by atoms with Crippen LogP contribution in [0.15, 0.2) is 0 Å². The van der Waals surface area contributed by atoms with Crippen LogP contribution in [-0.4, -0.2) is 47.8 Å². The van der Waals surface area contributed by atoms with E-state index < -0.39 is 0 Å². The first-order valence-corrected chi connectivity index (χ1v) is 6.00. The molecule has 0 unspecified atom stereocenters. The van der Waals surface area contributed by atoms with Crippen LogP contribution in [0.4, 0.5) is 0 Å². The first kappa shape index (κ1) is 15.3. The van der Waals surface area contributed by atoms with Crippen molar-refractivity contribution in [2.45, 2.75) is 39.5 Å². The van der Waals surface area contributed by atoms with Gasteiger partial charge in [-0.05, 0) is 0 Å². The first-order valence-electron chi connectivity index (χ1n) is 6.00. The normalized spacial score (nSPS) is 10.8. The Hall–Kier alpha value is -0.740. The molecule has 1 N–H and O–H groups in total. The number of carbonyl (C=O) groups excluding carboxylic acids is 2. The molecule has 0 spiro atoms. The summed E-state index contributed by atoms with van der Waals surface area (Å²) in [7, 11) is 0. The van der Waals surface area contributed by atoms with Crippen LogP contribution in [0.2, 0.25) is 0 Å². The summed E-state index contributed by atoms with van der Waals surface area (Å²) in [5.41, 5.74) is 0. The Kier molecular flexibility index (Phi) is 9.04. The highest BCUT2D eigenvalue weighted by molar-refractivity contribution is 5.78. The molecule has 0 aromatic carbocycles. The molecule has 0 bridgehead atoms. The Bertz CT molecular complexity index is 196. The van der Waals surface area contributed by atoms with Crippen molar-refractivity contribution in [1.29, 1.82) is 0 Å². The van der Waals surface area contributed by atoms with Gasteiger partial charge in [0.25, 0.3) is 0 Å². The van der Waals surface area contributed by atoms with Gasteiger partial charge in [-0.2, -0.15) is 0 Å². The largest absolute Gasteiger partial charge is 0.395 e. The standard InChI is InChI=1S/C12H23NO3/c1-3-11(15)5-7-13(9-10-14)8-6-12(16)4-2/h14H,3-10H2,1-2H3. The van der Waals surface area contributed by atoms with Gasteiger partial charge in [0.2, 0.25) is 0 Å². The Morgan fingerprint density at radius 1 is 0.938 bits per heavy atom. The van der Waals surface area contributed by atoms with Crippen LogP contribution in [0.1, 0.15) is 39.5 Å². The second kappa shape index (κ2) is 9.48. The Morgan fingerprint density at radius 3 is 1.69 bits per heavy atom. The minimum absolute atomic E-state index is 0.0701. The average Bonchev–Trinajstić information content (AvgIpc) is 2.31. The lowest BCUT2D eigenvalue weighted by molar-refractivity contribution is -0.119. The van der Waals surface area contributed by atoms with Gasteiger partial charge >= 0.3 is 0 Å². The monoisotopic (exact) mass is 229 g/mol. The maximum absolute atomic E-state index is 11.2. The summed E-state index contributed by atoms with van der Waals surface area (Å²) >= 11 is 0. The Labute approximate surface area is 97.6 Å². The van der Waals surface area contributed by atoms with Gasteiger partial charge in [0.15, 0.2) is 0 Å². The van der Waals surface area contributed by atoms with Crippen molar-refractivity contribution in [3.63, 3.8) is 0 Å². The number of carbonyl (C=O) groups is 2. The molecule has 0 saturated carbocycles. The molecule has 0 rings (SSSR count). The number of Topliss-reactive ketones (excluding diaryl/α,β-unsaturated/α-hetero) is 2. The zero-order valence-corrected chi connectivity index (χ0v) is 10.4. The SMILES string of the molecule is CCC(=O)CCN(CCO)CCC(=O)CC. The van der Waals surface area contributed by atoms with E-state index in [0.717, 1.165) is 0 Å². The summed E-state index contributed by atoms with van der Waals surface area (Å²) in [6.45, 7) is 5.59. The number of rotatable bonds is 10. The lowest BCUT2D eigenvalue weighted by atomic mass is 10.2. The summed E-state index contributed by atoms with van der Waals surface area (Å²) in [5.74, 6) is 0.453. The molecule has 0 aliphatic heterocycles. The summed E-state index contributed by atoms with van der Waals surface area (Å²) in [6, 6.07) is 0.